The predicted molar refractivity (Wildman–Crippen MR) is 102 cm³/mol. The Kier molecular flexibility index (Phi) is 4.03. The molecule has 2 aromatic carbocycles. The molecule has 0 amide bonds. The second-order valence-corrected chi connectivity index (χ2v) is 5.70. The van der Waals surface area contributed by atoms with Crippen LogP contribution < -0.4 is 11.2 Å². The van der Waals surface area contributed by atoms with E-state index in [0.29, 0.717) is 22.9 Å². The van der Waals surface area contributed by atoms with Gasteiger partial charge < -0.3 is 10.3 Å². The van der Waals surface area contributed by atoms with Crippen LogP contribution in [-0.4, -0.2) is 22.4 Å². The van der Waals surface area contributed by atoms with E-state index in [9.17, 15) is 0 Å². The number of aryl methyl sites for hydroxylation is 1. The highest BCUT2D eigenvalue weighted by Crippen LogP contribution is 2.27. The van der Waals surface area contributed by atoms with Gasteiger partial charge in [0.15, 0.2) is 11.5 Å². The van der Waals surface area contributed by atoms with Gasteiger partial charge in [0.25, 0.3) is 0 Å². The van der Waals surface area contributed by atoms with Crippen molar-refractivity contribution in [2.45, 2.75) is 6.92 Å². The molecule has 1 aliphatic heterocycles. The Hall–Kier alpha value is -3.74. The van der Waals surface area contributed by atoms with E-state index in [0.717, 1.165) is 16.8 Å². The SMILES string of the molecule is Cc1onc(-c2ccccc2)c1C1=NN=C(N)/C1=N/Nc1ccccc1. The zero-order chi connectivity index (χ0) is 17.9. The third-order valence-electron chi connectivity index (χ3n) is 3.94. The van der Waals surface area contributed by atoms with Crippen molar-refractivity contribution >= 4 is 22.9 Å². The standard InChI is InChI=1S/C19H16N6O/c1-12-15(16(25-26-12)13-8-4-2-5-9-13)17-18(19(20)24-22-17)23-21-14-10-6-3-7-11-14/h2-11,21H,1H3,(H2,20,23,24). The summed E-state index contributed by atoms with van der Waals surface area (Å²) < 4.78 is 5.41. The Bertz CT molecular complexity index is 1020. The smallest absolute Gasteiger partial charge is 0.176 e. The van der Waals surface area contributed by atoms with Crippen molar-refractivity contribution in [3.05, 3.63) is 72.0 Å². The first-order valence-corrected chi connectivity index (χ1v) is 8.06. The van der Waals surface area contributed by atoms with Crippen molar-refractivity contribution in [3.8, 4) is 11.3 Å². The zero-order valence-electron chi connectivity index (χ0n) is 14.0. The highest BCUT2D eigenvalue weighted by atomic mass is 16.5. The lowest BCUT2D eigenvalue weighted by Crippen LogP contribution is -2.29. The van der Waals surface area contributed by atoms with Gasteiger partial charge >= 0.3 is 0 Å². The van der Waals surface area contributed by atoms with Crippen LogP contribution in [0.1, 0.15) is 11.3 Å². The van der Waals surface area contributed by atoms with Gasteiger partial charge in [-0.2, -0.15) is 5.10 Å². The molecule has 4 rings (SSSR count). The Labute approximate surface area is 149 Å². The van der Waals surface area contributed by atoms with Crippen molar-refractivity contribution < 1.29 is 4.52 Å². The number of nitrogens with two attached hydrogens (primary N) is 1. The van der Waals surface area contributed by atoms with Gasteiger partial charge in [-0.25, -0.2) is 0 Å². The summed E-state index contributed by atoms with van der Waals surface area (Å²) in [5.74, 6) is 0.864. The number of anilines is 1. The first kappa shape index (κ1) is 15.8. The van der Waals surface area contributed by atoms with Crippen molar-refractivity contribution in [1.29, 1.82) is 0 Å². The minimum absolute atomic E-state index is 0.239. The van der Waals surface area contributed by atoms with E-state index in [1.54, 1.807) is 0 Å². The molecule has 7 heteroatoms. The quantitative estimate of drug-likeness (QED) is 0.710. The van der Waals surface area contributed by atoms with E-state index >= 15 is 0 Å². The van der Waals surface area contributed by atoms with Gasteiger partial charge in [-0.15, -0.1) is 10.2 Å². The molecule has 0 saturated heterocycles. The number of hydrazone groups is 1. The van der Waals surface area contributed by atoms with Gasteiger partial charge in [0.05, 0.1) is 11.3 Å². The van der Waals surface area contributed by atoms with E-state index < -0.39 is 0 Å². The molecule has 26 heavy (non-hydrogen) atoms. The third-order valence-corrected chi connectivity index (χ3v) is 3.94. The molecule has 1 aliphatic rings. The highest BCUT2D eigenvalue weighted by Gasteiger charge is 2.29. The number of hydrogen-bond donors (Lipinski definition) is 2. The molecule has 0 bridgehead atoms. The fourth-order valence-electron chi connectivity index (χ4n) is 2.68. The highest BCUT2D eigenvalue weighted by molar-refractivity contribution is 6.72. The van der Waals surface area contributed by atoms with Gasteiger partial charge in [0.1, 0.15) is 17.2 Å². The molecule has 0 atom stereocenters. The Morgan fingerprint density at radius 2 is 1.65 bits per heavy atom. The normalized spacial score (nSPS) is 15.0. The van der Waals surface area contributed by atoms with Crippen LogP contribution in [-0.2, 0) is 0 Å². The van der Waals surface area contributed by atoms with Crippen LogP contribution in [0.2, 0.25) is 0 Å². The first-order valence-electron chi connectivity index (χ1n) is 8.06. The molecule has 3 N–H and O–H groups in total. The zero-order valence-corrected chi connectivity index (χ0v) is 14.0. The molecule has 128 valence electrons. The van der Waals surface area contributed by atoms with Crippen LogP contribution in [0.4, 0.5) is 5.69 Å². The summed E-state index contributed by atoms with van der Waals surface area (Å²) >= 11 is 0. The van der Waals surface area contributed by atoms with Crippen LogP contribution in [0.15, 0.2) is 80.5 Å². The molecule has 2 heterocycles. The van der Waals surface area contributed by atoms with Gasteiger partial charge in [-0.3, -0.25) is 5.43 Å². The molecule has 0 saturated carbocycles. The minimum Gasteiger partial charge on any atom is -0.380 e. The second kappa shape index (κ2) is 6.64. The number of hydrogen-bond acceptors (Lipinski definition) is 7. The molecule has 0 fully saturated rings. The van der Waals surface area contributed by atoms with Gasteiger partial charge in [-0.05, 0) is 19.1 Å². The van der Waals surface area contributed by atoms with Crippen LogP contribution in [0.3, 0.4) is 0 Å². The van der Waals surface area contributed by atoms with Gasteiger partial charge in [0.2, 0.25) is 0 Å². The van der Waals surface area contributed by atoms with Crippen LogP contribution in [0.25, 0.3) is 11.3 Å². The maximum absolute atomic E-state index is 5.99. The third kappa shape index (κ3) is 2.86. The number of nitrogens with one attached hydrogen (secondary N) is 1. The van der Waals surface area contributed by atoms with E-state index in [-0.39, 0.29) is 5.84 Å². The second-order valence-electron chi connectivity index (χ2n) is 5.70. The van der Waals surface area contributed by atoms with Crippen molar-refractivity contribution in [2.75, 3.05) is 5.43 Å². The molecule has 1 aromatic heterocycles. The summed E-state index contributed by atoms with van der Waals surface area (Å²) in [5, 5.41) is 16.8. The molecule has 0 aliphatic carbocycles. The Morgan fingerprint density at radius 1 is 0.962 bits per heavy atom. The average molecular weight is 344 g/mol. The maximum Gasteiger partial charge on any atom is 0.176 e. The number of aromatic nitrogens is 1. The molecule has 0 spiro atoms. The van der Waals surface area contributed by atoms with Crippen LogP contribution >= 0.6 is 0 Å². The average Bonchev–Trinajstić information content (AvgIpc) is 3.24. The molecule has 3 aromatic rings. The van der Waals surface area contributed by atoms with E-state index in [4.69, 9.17) is 10.3 Å². The topological polar surface area (TPSA) is 101 Å². The monoisotopic (exact) mass is 344 g/mol. The Morgan fingerprint density at radius 3 is 2.38 bits per heavy atom. The predicted octanol–water partition coefficient (Wildman–Crippen LogP) is 3.19. The van der Waals surface area contributed by atoms with Gasteiger partial charge in [0, 0.05) is 5.56 Å². The summed E-state index contributed by atoms with van der Waals surface area (Å²) in [6.45, 7) is 1.83. The van der Waals surface area contributed by atoms with Crippen LogP contribution in [0.5, 0.6) is 0 Å². The molecule has 7 nitrogen and oxygen atoms in total. The van der Waals surface area contributed by atoms with E-state index in [2.05, 4.69) is 25.9 Å². The van der Waals surface area contributed by atoms with Gasteiger partial charge in [-0.1, -0.05) is 53.7 Å². The number of benzene rings is 2. The number of nitrogens with zero attached hydrogens (tertiary/aromatic N) is 4. The minimum atomic E-state index is 0.239. The number of para-hydroxylation sites is 1. The maximum atomic E-state index is 5.99. The van der Waals surface area contributed by atoms with Crippen molar-refractivity contribution in [2.24, 2.45) is 21.0 Å². The Balaban J connectivity index is 1.73. The molecular formula is C19H16N6O. The van der Waals surface area contributed by atoms with Crippen molar-refractivity contribution in [3.63, 3.8) is 0 Å². The lowest BCUT2D eigenvalue weighted by molar-refractivity contribution is 0.399. The summed E-state index contributed by atoms with van der Waals surface area (Å²) in [6, 6.07) is 19.3. The molecular weight excluding hydrogens is 328 g/mol. The lowest BCUT2D eigenvalue weighted by atomic mass is 9.99. The van der Waals surface area contributed by atoms with Crippen LogP contribution in [0, 0.1) is 6.92 Å². The summed E-state index contributed by atoms with van der Waals surface area (Å²) in [5.41, 5.74) is 13.1. The summed E-state index contributed by atoms with van der Waals surface area (Å²) in [4.78, 5) is 0. The first-order chi connectivity index (χ1) is 12.7. The summed E-state index contributed by atoms with van der Waals surface area (Å²) in [6.07, 6.45) is 0. The van der Waals surface area contributed by atoms with Crippen molar-refractivity contribution in [1.82, 2.24) is 5.16 Å². The molecule has 0 unspecified atom stereocenters. The largest absolute Gasteiger partial charge is 0.380 e. The lowest BCUT2D eigenvalue weighted by Gasteiger charge is -2.06. The fraction of sp³-hybridized carbons (Fsp3) is 0.0526. The van der Waals surface area contributed by atoms with E-state index in [1.165, 1.54) is 0 Å². The summed E-state index contributed by atoms with van der Waals surface area (Å²) in [7, 11) is 0. The fourth-order valence-corrected chi connectivity index (χ4v) is 2.68. The number of amidine groups is 1. The van der Waals surface area contributed by atoms with E-state index in [1.807, 2.05) is 67.6 Å². The molecule has 0 radical (unpaired) electrons. The number of rotatable bonds is 4.